The molecule has 0 heterocycles. The number of carboxylic acids is 1. The first-order valence-corrected chi connectivity index (χ1v) is 14.0. The lowest BCUT2D eigenvalue weighted by Crippen LogP contribution is -2.36. The highest BCUT2D eigenvalue weighted by Crippen LogP contribution is 2.34. The number of carboxylic acid groups (broad SMARTS) is 1. The summed E-state index contributed by atoms with van der Waals surface area (Å²) in [6.07, 6.45) is -0.713. The Balaban J connectivity index is 1.50. The van der Waals surface area contributed by atoms with E-state index in [0.29, 0.717) is 22.7 Å². The van der Waals surface area contributed by atoms with Crippen molar-refractivity contribution in [3.05, 3.63) is 95.1 Å². The van der Waals surface area contributed by atoms with E-state index in [1.165, 1.54) is 61.2 Å². The van der Waals surface area contributed by atoms with Gasteiger partial charge in [0.2, 0.25) is 5.91 Å². The molecule has 0 unspecified atom stereocenters. The first-order valence-electron chi connectivity index (χ1n) is 14.0. The number of hydrogen-bond acceptors (Lipinski definition) is 5. The summed E-state index contributed by atoms with van der Waals surface area (Å²) >= 11 is 0. The number of aliphatic hydroxyl groups is 1. The highest BCUT2D eigenvalue weighted by atomic mass is 19.4. The molecule has 2 amide bonds. The molecule has 0 radical (unpaired) electrons. The molecule has 1 aliphatic carbocycles. The molecule has 228 valence electrons. The van der Waals surface area contributed by atoms with Crippen LogP contribution in [0, 0.1) is 0 Å². The fraction of sp³-hybridized carbons (Fsp3) is 0.344. The lowest BCUT2D eigenvalue weighted by atomic mass is 9.84. The summed E-state index contributed by atoms with van der Waals surface area (Å²) in [6, 6.07) is 19.4. The van der Waals surface area contributed by atoms with Gasteiger partial charge in [0.15, 0.2) is 6.10 Å². The molecule has 1 atom stereocenters. The molecule has 43 heavy (non-hydrogen) atoms. The maximum Gasteiger partial charge on any atom is 0.573 e. The number of ether oxygens (including phenoxy) is 1. The summed E-state index contributed by atoms with van der Waals surface area (Å²) < 4.78 is 41.5. The van der Waals surface area contributed by atoms with Crippen molar-refractivity contribution in [2.75, 3.05) is 11.4 Å². The summed E-state index contributed by atoms with van der Waals surface area (Å²) in [5.41, 5.74) is 3.35. The first kappa shape index (κ1) is 31.6. The van der Waals surface area contributed by atoms with Crippen molar-refractivity contribution in [1.29, 1.82) is 0 Å². The Morgan fingerprint density at radius 3 is 2.07 bits per heavy atom. The standard InChI is InChI=1S/C32H33F3N2O6/c33-32(34,35)43-27-16-8-21(9-17-27)18-29(39)37(26-14-12-24(13-15-26)23-4-2-1-3-5-23)20-22-6-10-25(11-7-22)30(40)36-19-28(38)31(41)42/h6-17,23,28,38H,1-5,18-20H2,(H,36,40)(H,41,42)/t28-/m1/s1. The number of halogens is 3. The highest BCUT2D eigenvalue weighted by Gasteiger charge is 2.31. The van der Waals surface area contributed by atoms with Gasteiger partial charge >= 0.3 is 12.3 Å². The topological polar surface area (TPSA) is 116 Å². The number of nitrogens with zero attached hydrogens (tertiary/aromatic N) is 1. The van der Waals surface area contributed by atoms with E-state index in [1.54, 1.807) is 17.0 Å². The Labute approximate surface area is 247 Å². The van der Waals surface area contributed by atoms with Gasteiger partial charge in [0.25, 0.3) is 5.91 Å². The van der Waals surface area contributed by atoms with Gasteiger partial charge in [0.1, 0.15) is 5.75 Å². The minimum absolute atomic E-state index is 0.0664. The van der Waals surface area contributed by atoms with E-state index in [1.807, 2.05) is 24.3 Å². The number of nitrogens with one attached hydrogen (secondary N) is 1. The minimum atomic E-state index is -4.81. The summed E-state index contributed by atoms with van der Waals surface area (Å²) in [6.45, 7) is -0.283. The van der Waals surface area contributed by atoms with Crippen LogP contribution in [0.1, 0.15) is 65.1 Å². The third-order valence-corrected chi connectivity index (χ3v) is 7.39. The van der Waals surface area contributed by atoms with Gasteiger partial charge in [0, 0.05) is 11.3 Å². The molecule has 11 heteroatoms. The zero-order valence-electron chi connectivity index (χ0n) is 23.3. The average molecular weight is 599 g/mol. The maximum atomic E-state index is 13.6. The van der Waals surface area contributed by atoms with Crippen molar-refractivity contribution >= 4 is 23.5 Å². The van der Waals surface area contributed by atoms with E-state index < -0.39 is 30.9 Å². The van der Waals surface area contributed by atoms with Crippen molar-refractivity contribution in [1.82, 2.24) is 5.32 Å². The molecule has 1 fully saturated rings. The van der Waals surface area contributed by atoms with Crippen molar-refractivity contribution in [2.45, 2.75) is 63.5 Å². The molecule has 0 bridgehead atoms. The van der Waals surface area contributed by atoms with Crippen molar-refractivity contribution in [3.63, 3.8) is 0 Å². The number of alkyl halides is 3. The second-order valence-corrected chi connectivity index (χ2v) is 10.5. The minimum Gasteiger partial charge on any atom is -0.479 e. The van der Waals surface area contributed by atoms with E-state index in [9.17, 15) is 32.7 Å². The molecule has 0 aliphatic heterocycles. The summed E-state index contributed by atoms with van der Waals surface area (Å²) in [7, 11) is 0. The number of amides is 2. The largest absolute Gasteiger partial charge is 0.573 e. The Bertz CT molecular complexity index is 1390. The monoisotopic (exact) mass is 598 g/mol. The second-order valence-electron chi connectivity index (χ2n) is 10.5. The predicted molar refractivity (Wildman–Crippen MR) is 153 cm³/mol. The Kier molecular flexibility index (Phi) is 10.4. The highest BCUT2D eigenvalue weighted by molar-refractivity contribution is 5.95. The maximum absolute atomic E-state index is 13.6. The van der Waals surface area contributed by atoms with E-state index in [4.69, 9.17) is 5.11 Å². The number of aliphatic carboxylic acids is 1. The van der Waals surface area contributed by atoms with Gasteiger partial charge in [-0.15, -0.1) is 13.2 Å². The Morgan fingerprint density at radius 2 is 1.49 bits per heavy atom. The molecule has 1 saturated carbocycles. The molecule has 1 aliphatic rings. The number of anilines is 1. The number of carbonyl (C=O) groups excluding carboxylic acids is 2. The fourth-order valence-corrected chi connectivity index (χ4v) is 5.09. The zero-order chi connectivity index (χ0) is 31.0. The molecule has 3 aromatic carbocycles. The van der Waals surface area contributed by atoms with Crippen LogP contribution in [0.3, 0.4) is 0 Å². The number of aliphatic hydroxyl groups excluding tert-OH is 1. The summed E-state index contributed by atoms with van der Waals surface area (Å²) in [4.78, 5) is 38.3. The second kappa shape index (κ2) is 14.2. The van der Waals surface area contributed by atoms with E-state index in [-0.39, 0.29) is 30.2 Å². The van der Waals surface area contributed by atoms with Gasteiger partial charge in [-0.25, -0.2) is 4.79 Å². The molecule has 4 rings (SSSR count). The lowest BCUT2D eigenvalue weighted by molar-refractivity contribution is -0.274. The van der Waals surface area contributed by atoms with Crippen molar-refractivity contribution < 1.29 is 42.5 Å². The first-order chi connectivity index (χ1) is 20.5. The lowest BCUT2D eigenvalue weighted by Gasteiger charge is -2.26. The van der Waals surface area contributed by atoms with E-state index >= 15 is 0 Å². The molecule has 0 aromatic heterocycles. The Morgan fingerprint density at radius 1 is 0.884 bits per heavy atom. The van der Waals surface area contributed by atoms with Crippen LogP contribution in [0.2, 0.25) is 0 Å². The van der Waals surface area contributed by atoms with Gasteiger partial charge in [-0.05, 0) is 71.8 Å². The molecular formula is C32H33F3N2O6. The van der Waals surface area contributed by atoms with Gasteiger partial charge in [-0.3, -0.25) is 9.59 Å². The molecule has 8 nitrogen and oxygen atoms in total. The molecule has 0 saturated heterocycles. The quantitative estimate of drug-likeness (QED) is 0.265. The number of benzene rings is 3. The molecule has 3 N–H and O–H groups in total. The van der Waals surface area contributed by atoms with Crippen molar-refractivity contribution in [3.8, 4) is 5.75 Å². The van der Waals surface area contributed by atoms with Gasteiger partial charge in [-0.1, -0.05) is 55.7 Å². The van der Waals surface area contributed by atoms with Crippen LogP contribution in [-0.4, -0.2) is 47.0 Å². The molecule has 3 aromatic rings. The van der Waals surface area contributed by atoms with Crippen molar-refractivity contribution in [2.24, 2.45) is 0 Å². The predicted octanol–water partition coefficient (Wildman–Crippen LogP) is 5.58. The smallest absolute Gasteiger partial charge is 0.479 e. The Hall–Kier alpha value is -4.38. The third kappa shape index (κ3) is 9.31. The van der Waals surface area contributed by atoms with Crippen LogP contribution in [0.15, 0.2) is 72.8 Å². The van der Waals surface area contributed by atoms with Crippen LogP contribution >= 0.6 is 0 Å². The number of rotatable bonds is 11. The summed E-state index contributed by atoms with van der Waals surface area (Å²) in [5, 5.41) is 20.5. The molecule has 0 spiro atoms. The zero-order valence-corrected chi connectivity index (χ0v) is 23.3. The SMILES string of the molecule is O=C(NC[C@@H](O)C(=O)O)c1ccc(CN(C(=O)Cc2ccc(OC(F)(F)F)cc2)c2ccc(C3CCCCC3)cc2)cc1. The number of carbonyl (C=O) groups is 3. The summed E-state index contributed by atoms with van der Waals surface area (Å²) in [5.74, 6) is -2.17. The normalized spacial score (nSPS) is 14.5. The van der Waals surface area contributed by atoms with Crippen LogP contribution in [0.4, 0.5) is 18.9 Å². The molecular weight excluding hydrogens is 565 g/mol. The van der Waals surface area contributed by atoms with E-state index in [0.717, 1.165) is 12.8 Å². The van der Waals surface area contributed by atoms with Gasteiger partial charge in [0.05, 0.1) is 19.5 Å². The van der Waals surface area contributed by atoms with Crippen LogP contribution in [-0.2, 0) is 22.6 Å². The number of hydrogen-bond donors (Lipinski definition) is 3. The van der Waals surface area contributed by atoms with Gasteiger partial charge in [-0.2, -0.15) is 0 Å². The van der Waals surface area contributed by atoms with Crippen LogP contribution in [0.25, 0.3) is 0 Å². The average Bonchev–Trinajstić information content (AvgIpc) is 2.99. The van der Waals surface area contributed by atoms with Gasteiger partial charge < -0.3 is 25.2 Å². The third-order valence-electron chi connectivity index (χ3n) is 7.39. The van der Waals surface area contributed by atoms with E-state index in [2.05, 4.69) is 10.1 Å². The fourth-order valence-electron chi connectivity index (χ4n) is 5.09. The van der Waals surface area contributed by atoms with Crippen LogP contribution in [0.5, 0.6) is 5.75 Å². The van der Waals surface area contributed by atoms with Crippen LogP contribution < -0.4 is 15.0 Å².